The minimum absolute atomic E-state index is 0. The van der Waals surface area contributed by atoms with Crippen molar-refractivity contribution in [3.8, 4) is 0 Å². The summed E-state index contributed by atoms with van der Waals surface area (Å²) >= 11 is 1.76. The van der Waals surface area contributed by atoms with Crippen LogP contribution in [0.5, 0.6) is 0 Å². The van der Waals surface area contributed by atoms with Crippen LogP contribution in [0.3, 0.4) is 0 Å². The van der Waals surface area contributed by atoms with Gasteiger partial charge in [-0.05, 0) is 37.3 Å². The summed E-state index contributed by atoms with van der Waals surface area (Å²) in [5.74, 6) is 0.815. The van der Waals surface area contributed by atoms with Crippen molar-refractivity contribution in [2.75, 3.05) is 46.3 Å². The number of guanidine groups is 1. The smallest absolute Gasteiger partial charge is 0.191 e. The first kappa shape index (κ1) is 23.5. The lowest BCUT2D eigenvalue weighted by Crippen LogP contribution is -2.39. The van der Waals surface area contributed by atoms with Crippen LogP contribution in [0.4, 0.5) is 0 Å². The lowest BCUT2D eigenvalue weighted by atomic mass is 10.1. The maximum atomic E-state index is 5.44. The number of ether oxygens (including phenoxy) is 2. The highest BCUT2D eigenvalue weighted by molar-refractivity contribution is 14.0. The van der Waals surface area contributed by atoms with Crippen molar-refractivity contribution in [2.24, 2.45) is 4.99 Å². The third-order valence-electron chi connectivity index (χ3n) is 3.16. The fourth-order valence-electron chi connectivity index (χ4n) is 1.97. The van der Waals surface area contributed by atoms with Crippen molar-refractivity contribution in [2.45, 2.75) is 25.3 Å². The number of aryl methyl sites for hydroxylation is 1. The number of hydrogen-bond donors (Lipinski definition) is 2. The second kappa shape index (κ2) is 14.8. The maximum absolute atomic E-state index is 5.44. The highest BCUT2D eigenvalue weighted by atomic mass is 127. The van der Waals surface area contributed by atoms with Crippen LogP contribution in [0.1, 0.15) is 18.1 Å². The lowest BCUT2D eigenvalue weighted by Gasteiger charge is -2.12. The van der Waals surface area contributed by atoms with Crippen LogP contribution in [0, 0.1) is 6.92 Å². The monoisotopic (exact) mass is 467 g/mol. The summed E-state index contributed by atoms with van der Waals surface area (Å²) in [5.41, 5.74) is 2.52. The van der Waals surface area contributed by atoms with Gasteiger partial charge in [0.2, 0.25) is 0 Å². The van der Waals surface area contributed by atoms with E-state index in [0.29, 0.717) is 26.4 Å². The molecule has 1 rings (SSSR count). The molecule has 5 nitrogen and oxygen atoms in total. The number of nitrogens with one attached hydrogen (secondary N) is 2. The van der Waals surface area contributed by atoms with E-state index in [0.717, 1.165) is 19.0 Å². The van der Waals surface area contributed by atoms with Gasteiger partial charge in [-0.1, -0.05) is 12.1 Å². The van der Waals surface area contributed by atoms with Gasteiger partial charge in [0.05, 0.1) is 26.4 Å². The summed E-state index contributed by atoms with van der Waals surface area (Å²) in [4.78, 5) is 5.94. The molecule has 24 heavy (non-hydrogen) atoms. The molecule has 0 unspecified atom stereocenters. The number of aliphatic imine (C=N–C) groups is 1. The first-order valence-corrected chi connectivity index (χ1v) is 9.16. The normalized spacial score (nSPS) is 11.1. The van der Waals surface area contributed by atoms with Crippen LogP contribution in [-0.2, 0) is 16.0 Å². The molecule has 1 aromatic rings. The van der Waals surface area contributed by atoms with Crippen molar-refractivity contribution in [1.82, 2.24) is 10.6 Å². The molecule has 2 N–H and O–H groups in total. The number of benzene rings is 1. The minimum Gasteiger partial charge on any atom is -0.382 e. The Morgan fingerprint density at radius 1 is 1.21 bits per heavy atom. The van der Waals surface area contributed by atoms with Crippen molar-refractivity contribution >= 4 is 41.7 Å². The van der Waals surface area contributed by atoms with E-state index in [-0.39, 0.29) is 24.0 Å². The van der Waals surface area contributed by atoms with E-state index in [1.165, 1.54) is 16.0 Å². The summed E-state index contributed by atoms with van der Waals surface area (Å²) < 4.78 is 10.4. The Labute approximate surface area is 167 Å². The number of hydrogen-bond acceptors (Lipinski definition) is 4. The predicted molar refractivity (Wildman–Crippen MR) is 114 cm³/mol. The van der Waals surface area contributed by atoms with Crippen LogP contribution in [-0.4, -0.2) is 52.2 Å². The van der Waals surface area contributed by atoms with Gasteiger partial charge >= 0.3 is 0 Å². The van der Waals surface area contributed by atoms with Gasteiger partial charge in [-0.25, -0.2) is 4.99 Å². The van der Waals surface area contributed by atoms with E-state index < -0.39 is 0 Å². The van der Waals surface area contributed by atoms with Gasteiger partial charge in [0.25, 0.3) is 0 Å². The van der Waals surface area contributed by atoms with E-state index in [1.54, 1.807) is 18.9 Å². The molecular formula is C17H30IN3O2S. The summed E-state index contributed by atoms with van der Waals surface area (Å²) in [6, 6.07) is 6.50. The fraction of sp³-hybridized carbons (Fsp3) is 0.588. The molecule has 7 heteroatoms. The van der Waals surface area contributed by atoms with Gasteiger partial charge in [0.15, 0.2) is 5.96 Å². The van der Waals surface area contributed by atoms with Gasteiger partial charge in [-0.15, -0.1) is 35.7 Å². The SMILES string of the molecule is CCNC(=NCc1ccc(C)cc1SC)NCCOCCOC.I. The molecule has 138 valence electrons. The molecule has 0 amide bonds. The van der Waals surface area contributed by atoms with Gasteiger partial charge < -0.3 is 20.1 Å². The van der Waals surface area contributed by atoms with E-state index in [4.69, 9.17) is 9.47 Å². The van der Waals surface area contributed by atoms with Crippen molar-refractivity contribution < 1.29 is 9.47 Å². The predicted octanol–water partition coefficient (Wildman–Crippen LogP) is 3.05. The Morgan fingerprint density at radius 3 is 2.67 bits per heavy atom. The average molecular weight is 467 g/mol. The highest BCUT2D eigenvalue weighted by Gasteiger charge is 2.03. The molecule has 0 aliphatic heterocycles. The van der Waals surface area contributed by atoms with E-state index in [9.17, 15) is 0 Å². The Balaban J connectivity index is 0.00000529. The third-order valence-corrected chi connectivity index (χ3v) is 3.98. The molecule has 0 spiro atoms. The minimum atomic E-state index is 0. The Bertz CT molecular complexity index is 487. The fourth-order valence-corrected chi connectivity index (χ4v) is 2.67. The standard InChI is InChI=1S/C17H29N3O2S.HI/c1-5-18-17(19-8-9-22-11-10-21-3)20-13-15-7-6-14(2)12-16(15)23-4;/h6-7,12H,5,8-11,13H2,1-4H3,(H2,18,19,20);1H. The van der Waals surface area contributed by atoms with Crippen molar-refractivity contribution in [3.05, 3.63) is 29.3 Å². The quantitative estimate of drug-likeness (QED) is 0.182. The molecule has 0 fully saturated rings. The highest BCUT2D eigenvalue weighted by Crippen LogP contribution is 2.22. The zero-order chi connectivity index (χ0) is 16.9. The molecule has 0 aliphatic rings. The molecule has 0 aliphatic carbocycles. The van der Waals surface area contributed by atoms with E-state index >= 15 is 0 Å². The van der Waals surface area contributed by atoms with Crippen LogP contribution in [0.2, 0.25) is 0 Å². The second-order valence-corrected chi connectivity index (χ2v) is 5.89. The lowest BCUT2D eigenvalue weighted by molar-refractivity contribution is 0.0733. The maximum Gasteiger partial charge on any atom is 0.191 e. The summed E-state index contributed by atoms with van der Waals surface area (Å²) in [7, 11) is 1.67. The molecule has 0 radical (unpaired) electrons. The first-order chi connectivity index (χ1) is 11.2. The molecule has 0 aromatic heterocycles. The number of methoxy groups -OCH3 is 1. The summed E-state index contributed by atoms with van der Waals surface area (Å²) in [6.07, 6.45) is 2.10. The number of thioether (sulfide) groups is 1. The number of halogens is 1. The molecule has 0 bridgehead atoms. The van der Waals surface area contributed by atoms with Gasteiger partial charge in [0, 0.05) is 25.1 Å². The van der Waals surface area contributed by atoms with E-state index in [1.807, 2.05) is 0 Å². The Kier molecular flexibility index (Phi) is 14.5. The van der Waals surface area contributed by atoms with Gasteiger partial charge in [-0.3, -0.25) is 0 Å². The van der Waals surface area contributed by atoms with Crippen LogP contribution in [0.15, 0.2) is 28.1 Å². The van der Waals surface area contributed by atoms with Crippen molar-refractivity contribution in [3.63, 3.8) is 0 Å². The zero-order valence-corrected chi connectivity index (χ0v) is 18.2. The Hall–Kier alpha value is -0.510. The van der Waals surface area contributed by atoms with E-state index in [2.05, 4.69) is 53.9 Å². The number of rotatable bonds is 10. The molecule has 0 saturated heterocycles. The topological polar surface area (TPSA) is 54.9 Å². The number of nitrogens with zero attached hydrogens (tertiary/aromatic N) is 1. The second-order valence-electron chi connectivity index (χ2n) is 5.04. The molecule has 0 saturated carbocycles. The van der Waals surface area contributed by atoms with Crippen LogP contribution in [0.25, 0.3) is 0 Å². The summed E-state index contributed by atoms with van der Waals surface area (Å²) in [6.45, 7) is 8.27. The van der Waals surface area contributed by atoms with Gasteiger partial charge in [-0.2, -0.15) is 0 Å². The Morgan fingerprint density at radius 2 is 2.00 bits per heavy atom. The largest absolute Gasteiger partial charge is 0.382 e. The molecule has 0 heterocycles. The molecule has 1 aromatic carbocycles. The first-order valence-electron chi connectivity index (χ1n) is 7.93. The third kappa shape index (κ3) is 9.71. The van der Waals surface area contributed by atoms with Crippen LogP contribution >= 0.6 is 35.7 Å². The summed E-state index contributed by atoms with van der Waals surface area (Å²) in [5, 5.41) is 6.54. The molecule has 0 atom stereocenters. The zero-order valence-electron chi connectivity index (χ0n) is 15.1. The molecular weight excluding hydrogens is 437 g/mol. The van der Waals surface area contributed by atoms with Crippen LogP contribution < -0.4 is 10.6 Å². The van der Waals surface area contributed by atoms with Gasteiger partial charge in [0.1, 0.15) is 0 Å². The average Bonchev–Trinajstić information content (AvgIpc) is 2.56. The van der Waals surface area contributed by atoms with Crippen molar-refractivity contribution in [1.29, 1.82) is 0 Å².